The maximum Gasteiger partial charge on any atom is 0.352 e. The Bertz CT molecular complexity index is 486. The SMILES string of the molecule is CCC1(n2cc([N+](=O)[O-])cc2C(=O)O)CCCC1. The normalized spacial score (nSPS) is 17.8. The smallest absolute Gasteiger partial charge is 0.352 e. The topological polar surface area (TPSA) is 85.4 Å². The monoisotopic (exact) mass is 252 g/mol. The molecule has 0 amide bonds. The number of aromatic nitrogens is 1. The van der Waals surface area contributed by atoms with Crippen molar-refractivity contribution in [2.75, 3.05) is 0 Å². The maximum absolute atomic E-state index is 11.2. The summed E-state index contributed by atoms with van der Waals surface area (Å²) < 4.78 is 1.61. The first kappa shape index (κ1) is 12.6. The predicted octanol–water partition coefficient (Wildman–Crippen LogP) is 2.77. The molecule has 2 rings (SSSR count). The highest BCUT2D eigenvalue weighted by atomic mass is 16.6. The Labute approximate surface area is 104 Å². The Morgan fingerprint density at radius 3 is 2.61 bits per heavy atom. The lowest BCUT2D eigenvalue weighted by Crippen LogP contribution is -2.31. The van der Waals surface area contributed by atoms with E-state index < -0.39 is 10.9 Å². The van der Waals surface area contributed by atoms with Crippen LogP contribution in [0.3, 0.4) is 0 Å². The second-order valence-corrected chi connectivity index (χ2v) is 4.80. The summed E-state index contributed by atoms with van der Waals surface area (Å²) in [6, 6.07) is 1.15. The molecule has 1 N–H and O–H groups in total. The summed E-state index contributed by atoms with van der Waals surface area (Å²) in [5.41, 5.74) is -0.389. The van der Waals surface area contributed by atoms with Gasteiger partial charge in [-0.25, -0.2) is 4.79 Å². The van der Waals surface area contributed by atoms with Crippen molar-refractivity contribution in [1.29, 1.82) is 0 Å². The van der Waals surface area contributed by atoms with Crippen molar-refractivity contribution in [2.45, 2.75) is 44.6 Å². The number of nitro groups is 1. The Kier molecular flexibility index (Phi) is 3.11. The number of aromatic carboxylic acids is 1. The molecule has 0 saturated heterocycles. The van der Waals surface area contributed by atoms with Crippen molar-refractivity contribution in [3.8, 4) is 0 Å². The van der Waals surface area contributed by atoms with E-state index in [9.17, 15) is 20.0 Å². The summed E-state index contributed by atoms with van der Waals surface area (Å²) in [5.74, 6) is -1.11. The van der Waals surface area contributed by atoms with Crippen molar-refractivity contribution in [3.63, 3.8) is 0 Å². The van der Waals surface area contributed by atoms with E-state index in [4.69, 9.17) is 0 Å². The third kappa shape index (κ3) is 1.87. The molecule has 1 aromatic heterocycles. The molecule has 0 unspecified atom stereocenters. The average Bonchev–Trinajstić information content (AvgIpc) is 2.96. The maximum atomic E-state index is 11.2. The molecule has 1 aliphatic rings. The van der Waals surface area contributed by atoms with Crippen LogP contribution in [0.15, 0.2) is 12.3 Å². The molecule has 6 nitrogen and oxygen atoms in total. The molecule has 0 aliphatic heterocycles. The minimum atomic E-state index is -1.11. The van der Waals surface area contributed by atoms with Gasteiger partial charge in [0.1, 0.15) is 5.69 Å². The molecule has 6 heteroatoms. The molecule has 0 bridgehead atoms. The lowest BCUT2D eigenvalue weighted by atomic mass is 9.93. The Balaban J connectivity index is 2.54. The highest BCUT2D eigenvalue weighted by Gasteiger charge is 2.37. The lowest BCUT2D eigenvalue weighted by Gasteiger charge is -2.30. The number of carbonyl (C=O) groups is 1. The molecule has 0 radical (unpaired) electrons. The van der Waals surface area contributed by atoms with Gasteiger partial charge in [0.2, 0.25) is 0 Å². The molecule has 1 aromatic rings. The fraction of sp³-hybridized carbons (Fsp3) is 0.583. The molecule has 1 saturated carbocycles. The summed E-state index contributed by atoms with van der Waals surface area (Å²) in [6.45, 7) is 2.00. The van der Waals surface area contributed by atoms with Gasteiger partial charge in [0.15, 0.2) is 0 Å². The van der Waals surface area contributed by atoms with Gasteiger partial charge in [-0.15, -0.1) is 0 Å². The number of rotatable bonds is 4. The Morgan fingerprint density at radius 1 is 1.56 bits per heavy atom. The fourth-order valence-corrected chi connectivity index (χ4v) is 2.90. The van der Waals surface area contributed by atoms with Gasteiger partial charge in [0.25, 0.3) is 5.69 Å². The van der Waals surface area contributed by atoms with Crippen LogP contribution in [0.4, 0.5) is 5.69 Å². The quantitative estimate of drug-likeness (QED) is 0.659. The molecular weight excluding hydrogens is 236 g/mol. The van der Waals surface area contributed by atoms with E-state index in [0.717, 1.165) is 38.2 Å². The fourth-order valence-electron chi connectivity index (χ4n) is 2.90. The zero-order valence-corrected chi connectivity index (χ0v) is 10.3. The highest BCUT2D eigenvalue weighted by Crippen LogP contribution is 2.41. The van der Waals surface area contributed by atoms with Crippen LogP contribution in [0.2, 0.25) is 0 Å². The van der Waals surface area contributed by atoms with Gasteiger partial charge >= 0.3 is 5.97 Å². The van der Waals surface area contributed by atoms with Gasteiger partial charge in [-0.1, -0.05) is 19.8 Å². The Hall–Kier alpha value is -1.85. The summed E-state index contributed by atoms with van der Waals surface area (Å²) >= 11 is 0. The summed E-state index contributed by atoms with van der Waals surface area (Å²) in [7, 11) is 0. The molecule has 1 fully saturated rings. The largest absolute Gasteiger partial charge is 0.477 e. The second kappa shape index (κ2) is 4.44. The van der Waals surface area contributed by atoms with Gasteiger partial charge in [0, 0.05) is 11.6 Å². The van der Waals surface area contributed by atoms with Crippen molar-refractivity contribution < 1.29 is 14.8 Å². The predicted molar refractivity (Wildman–Crippen MR) is 64.8 cm³/mol. The number of carboxylic acid groups (broad SMARTS) is 1. The average molecular weight is 252 g/mol. The van der Waals surface area contributed by atoms with Gasteiger partial charge in [-0.2, -0.15) is 0 Å². The molecule has 98 valence electrons. The molecular formula is C12H16N2O4. The van der Waals surface area contributed by atoms with Crippen LogP contribution in [0.1, 0.15) is 49.5 Å². The first-order valence-electron chi connectivity index (χ1n) is 6.11. The minimum absolute atomic E-state index is 0.0189. The van der Waals surface area contributed by atoms with Crippen LogP contribution in [0, 0.1) is 10.1 Å². The van der Waals surface area contributed by atoms with Gasteiger partial charge in [-0.05, 0) is 19.3 Å². The number of hydrogen-bond acceptors (Lipinski definition) is 3. The van der Waals surface area contributed by atoms with E-state index in [1.807, 2.05) is 6.92 Å². The van der Waals surface area contributed by atoms with Crippen molar-refractivity contribution >= 4 is 11.7 Å². The van der Waals surface area contributed by atoms with Crippen LogP contribution in [-0.4, -0.2) is 20.6 Å². The second-order valence-electron chi connectivity index (χ2n) is 4.80. The van der Waals surface area contributed by atoms with Crippen molar-refractivity contribution in [3.05, 3.63) is 28.1 Å². The summed E-state index contributed by atoms with van der Waals surface area (Å²) in [6.07, 6.45) is 6.01. The Morgan fingerprint density at radius 2 is 2.17 bits per heavy atom. The summed E-state index contributed by atoms with van der Waals surface area (Å²) in [5, 5.41) is 20.0. The van der Waals surface area contributed by atoms with Crippen LogP contribution in [0.25, 0.3) is 0 Å². The standard InChI is InChI=1S/C12H16N2O4/c1-2-12(5-3-4-6-12)13-8-9(14(17)18)7-10(13)11(15)16/h7-8H,2-6H2,1H3,(H,15,16). The van der Waals surface area contributed by atoms with Crippen molar-refractivity contribution in [2.24, 2.45) is 0 Å². The van der Waals surface area contributed by atoms with Crippen LogP contribution >= 0.6 is 0 Å². The zero-order valence-electron chi connectivity index (χ0n) is 10.3. The van der Waals surface area contributed by atoms with Crippen LogP contribution in [-0.2, 0) is 5.54 Å². The van der Waals surface area contributed by atoms with E-state index in [1.54, 1.807) is 4.57 Å². The highest BCUT2D eigenvalue weighted by molar-refractivity contribution is 5.87. The number of hydrogen-bond donors (Lipinski definition) is 1. The van der Waals surface area contributed by atoms with E-state index in [1.165, 1.54) is 6.20 Å². The van der Waals surface area contributed by atoms with Gasteiger partial charge in [0.05, 0.1) is 11.1 Å². The van der Waals surface area contributed by atoms with Gasteiger partial charge in [-0.3, -0.25) is 10.1 Å². The molecule has 1 heterocycles. The van der Waals surface area contributed by atoms with E-state index in [0.29, 0.717) is 0 Å². The third-order valence-electron chi connectivity index (χ3n) is 3.94. The lowest BCUT2D eigenvalue weighted by molar-refractivity contribution is -0.384. The molecule has 0 aromatic carbocycles. The van der Waals surface area contributed by atoms with Gasteiger partial charge < -0.3 is 9.67 Å². The summed E-state index contributed by atoms with van der Waals surface area (Å²) in [4.78, 5) is 21.5. The number of nitrogens with zero attached hydrogens (tertiary/aromatic N) is 2. The zero-order chi connectivity index (χ0) is 13.3. The first-order chi connectivity index (χ1) is 8.50. The molecule has 18 heavy (non-hydrogen) atoms. The van der Waals surface area contributed by atoms with E-state index in [2.05, 4.69) is 0 Å². The first-order valence-corrected chi connectivity index (χ1v) is 6.11. The minimum Gasteiger partial charge on any atom is -0.477 e. The third-order valence-corrected chi connectivity index (χ3v) is 3.94. The number of carboxylic acids is 1. The molecule has 1 aliphatic carbocycles. The van der Waals surface area contributed by atoms with E-state index in [-0.39, 0.29) is 16.9 Å². The molecule has 0 atom stereocenters. The van der Waals surface area contributed by atoms with E-state index >= 15 is 0 Å². The molecule has 0 spiro atoms. The van der Waals surface area contributed by atoms with Crippen LogP contribution in [0.5, 0.6) is 0 Å². The van der Waals surface area contributed by atoms with Crippen LogP contribution < -0.4 is 0 Å². The van der Waals surface area contributed by atoms with Crippen molar-refractivity contribution in [1.82, 2.24) is 4.57 Å².